The Morgan fingerprint density at radius 1 is 0.871 bits per heavy atom. The maximum absolute atomic E-state index is 13.2. The first-order valence-electron chi connectivity index (χ1n) is 10.3. The molecule has 0 spiro atoms. The summed E-state index contributed by atoms with van der Waals surface area (Å²) in [6.45, 7) is 1.04. The molecule has 5 rings (SSSR count). The number of rotatable bonds is 4. The van der Waals surface area contributed by atoms with Crippen LogP contribution in [0.2, 0.25) is 0 Å². The maximum atomic E-state index is 13.2. The fourth-order valence-corrected chi connectivity index (χ4v) is 5.72. The monoisotopic (exact) mass is 434 g/mol. The van der Waals surface area contributed by atoms with Gasteiger partial charge in [-0.25, -0.2) is 8.42 Å². The van der Waals surface area contributed by atoms with Gasteiger partial charge in [0, 0.05) is 29.8 Å². The van der Waals surface area contributed by atoms with E-state index in [1.807, 2.05) is 48.5 Å². The number of benzene rings is 3. The number of hydrogen-bond donors (Lipinski definition) is 1. The lowest BCUT2D eigenvalue weighted by Gasteiger charge is -2.28. The third-order valence-electron chi connectivity index (χ3n) is 5.75. The van der Waals surface area contributed by atoms with Crippen LogP contribution in [0.25, 0.3) is 0 Å². The van der Waals surface area contributed by atoms with Crippen molar-refractivity contribution in [1.82, 2.24) is 9.62 Å². The summed E-state index contributed by atoms with van der Waals surface area (Å²) in [5, 5.41) is 3.07. The van der Waals surface area contributed by atoms with E-state index in [0.717, 1.165) is 24.0 Å². The zero-order valence-corrected chi connectivity index (χ0v) is 17.6. The second-order valence-electron chi connectivity index (χ2n) is 7.72. The van der Waals surface area contributed by atoms with Crippen molar-refractivity contribution in [2.45, 2.75) is 23.8 Å². The van der Waals surface area contributed by atoms with Crippen molar-refractivity contribution in [1.29, 1.82) is 0 Å². The molecule has 31 heavy (non-hydrogen) atoms. The third-order valence-corrected chi connectivity index (χ3v) is 7.65. The molecule has 0 bridgehead atoms. The summed E-state index contributed by atoms with van der Waals surface area (Å²) in [5.41, 5.74) is 2.02. The van der Waals surface area contributed by atoms with Gasteiger partial charge in [-0.2, -0.15) is 4.31 Å². The summed E-state index contributed by atoms with van der Waals surface area (Å²) >= 11 is 0. The first kappa shape index (κ1) is 19.8. The number of nitrogens with zero attached hydrogens (tertiary/aromatic N) is 1. The van der Waals surface area contributed by atoms with Gasteiger partial charge in [0.2, 0.25) is 10.0 Å². The normalized spacial score (nSPS) is 16.3. The minimum absolute atomic E-state index is 0.148. The molecule has 0 saturated carbocycles. The molecule has 1 amide bonds. The van der Waals surface area contributed by atoms with Gasteiger partial charge in [-0.1, -0.05) is 42.5 Å². The molecule has 7 heteroatoms. The number of carbonyl (C=O) groups excluding carboxylic acids is 1. The Bertz CT molecular complexity index is 1200. The molecule has 1 N–H and O–H groups in total. The van der Waals surface area contributed by atoms with Crippen LogP contribution in [0.15, 0.2) is 77.7 Å². The third kappa shape index (κ3) is 3.60. The molecule has 0 aromatic heterocycles. The van der Waals surface area contributed by atoms with Crippen molar-refractivity contribution >= 4 is 15.9 Å². The quantitative estimate of drug-likeness (QED) is 0.671. The summed E-state index contributed by atoms with van der Waals surface area (Å²) in [7, 11) is -3.59. The second-order valence-corrected chi connectivity index (χ2v) is 9.66. The molecular formula is C24H22N2O4S. The molecule has 2 heterocycles. The van der Waals surface area contributed by atoms with E-state index in [-0.39, 0.29) is 10.8 Å². The summed E-state index contributed by atoms with van der Waals surface area (Å²) in [5.74, 6) is 1.05. The van der Waals surface area contributed by atoms with Gasteiger partial charge in [-0.3, -0.25) is 4.79 Å². The van der Waals surface area contributed by atoms with Gasteiger partial charge in [-0.15, -0.1) is 0 Å². The average molecular weight is 435 g/mol. The van der Waals surface area contributed by atoms with Crippen LogP contribution in [0, 0.1) is 0 Å². The molecule has 3 aromatic rings. The number of hydrogen-bond acceptors (Lipinski definition) is 4. The molecule has 2 aliphatic heterocycles. The summed E-state index contributed by atoms with van der Waals surface area (Å²) in [6.07, 6.45) is 1.73. The van der Waals surface area contributed by atoms with Crippen LogP contribution in [0.1, 0.15) is 40.4 Å². The Kier molecular flexibility index (Phi) is 5.00. The van der Waals surface area contributed by atoms with E-state index in [1.165, 1.54) is 10.4 Å². The fraction of sp³-hybridized carbons (Fsp3) is 0.208. The number of ether oxygens (including phenoxy) is 1. The lowest BCUT2D eigenvalue weighted by atomic mass is 9.94. The highest BCUT2D eigenvalue weighted by Gasteiger charge is 2.30. The SMILES string of the molecule is O=C(NC1c2ccccc2Oc2ccccc21)c1cccc(S(=O)(=O)N2CCCC2)c1. The van der Waals surface area contributed by atoms with E-state index >= 15 is 0 Å². The van der Waals surface area contributed by atoms with Gasteiger partial charge in [0.05, 0.1) is 10.9 Å². The van der Waals surface area contributed by atoms with Gasteiger partial charge in [-0.05, 0) is 43.2 Å². The lowest BCUT2D eigenvalue weighted by molar-refractivity contribution is 0.0941. The van der Waals surface area contributed by atoms with Gasteiger partial charge >= 0.3 is 0 Å². The zero-order valence-electron chi connectivity index (χ0n) is 16.8. The molecule has 1 fully saturated rings. The van der Waals surface area contributed by atoms with E-state index in [0.29, 0.717) is 30.2 Å². The minimum atomic E-state index is -3.59. The van der Waals surface area contributed by atoms with Crippen LogP contribution in [0.5, 0.6) is 11.5 Å². The Morgan fingerprint density at radius 2 is 1.48 bits per heavy atom. The Labute approximate surface area is 181 Å². The van der Waals surface area contributed by atoms with Gasteiger partial charge in [0.1, 0.15) is 11.5 Å². The van der Waals surface area contributed by atoms with Crippen molar-refractivity contribution in [2.24, 2.45) is 0 Å². The topological polar surface area (TPSA) is 75.7 Å². The van der Waals surface area contributed by atoms with Crippen molar-refractivity contribution < 1.29 is 17.9 Å². The molecule has 2 aliphatic rings. The van der Waals surface area contributed by atoms with Crippen LogP contribution in [-0.4, -0.2) is 31.7 Å². The smallest absolute Gasteiger partial charge is 0.252 e. The van der Waals surface area contributed by atoms with E-state index < -0.39 is 16.1 Å². The van der Waals surface area contributed by atoms with E-state index in [2.05, 4.69) is 5.32 Å². The number of carbonyl (C=O) groups is 1. The van der Waals surface area contributed by atoms with Crippen LogP contribution in [-0.2, 0) is 10.0 Å². The average Bonchev–Trinajstić information content (AvgIpc) is 3.35. The number of para-hydroxylation sites is 2. The van der Waals surface area contributed by atoms with Crippen molar-refractivity contribution in [3.8, 4) is 11.5 Å². The largest absolute Gasteiger partial charge is 0.457 e. The Morgan fingerprint density at radius 3 is 2.13 bits per heavy atom. The summed E-state index contributed by atoms with van der Waals surface area (Å²) in [4.78, 5) is 13.3. The van der Waals surface area contributed by atoms with Crippen molar-refractivity contribution in [2.75, 3.05) is 13.1 Å². The lowest BCUT2D eigenvalue weighted by Crippen LogP contribution is -2.32. The standard InChI is InChI=1S/C24H22N2O4S/c27-24(17-8-7-9-18(16-17)31(28,29)26-14-5-6-15-26)25-23-19-10-1-3-12-21(19)30-22-13-4-2-11-20(22)23/h1-4,7-13,16,23H,5-6,14-15H2,(H,25,27). The summed E-state index contributed by atoms with van der Waals surface area (Å²) in [6, 6.07) is 21.0. The zero-order chi connectivity index (χ0) is 21.4. The van der Waals surface area contributed by atoms with Crippen LogP contribution >= 0.6 is 0 Å². The summed E-state index contributed by atoms with van der Waals surface area (Å²) < 4.78 is 33.3. The molecule has 3 aromatic carbocycles. The molecule has 0 aliphatic carbocycles. The molecule has 6 nitrogen and oxygen atoms in total. The van der Waals surface area contributed by atoms with Crippen LogP contribution in [0.4, 0.5) is 0 Å². The number of amides is 1. The predicted octanol–water partition coefficient (Wildman–Crippen LogP) is 4.10. The van der Waals surface area contributed by atoms with Crippen LogP contribution in [0.3, 0.4) is 0 Å². The number of nitrogens with one attached hydrogen (secondary N) is 1. The van der Waals surface area contributed by atoms with Gasteiger partial charge in [0.25, 0.3) is 5.91 Å². The molecule has 0 unspecified atom stereocenters. The molecular weight excluding hydrogens is 412 g/mol. The number of sulfonamides is 1. The molecule has 158 valence electrons. The Balaban J connectivity index is 1.47. The Hall–Kier alpha value is -3.16. The van der Waals surface area contributed by atoms with Crippen molar-refractivity contribution in [3.63, 3.8) is 0 Å². The first-order chi connectivity index (χ1) is 15.0. The molecule has 1 saturated heterocycles. The van der Waals surface area contributed by atoms with Gasteiger partial charge in [0.15, 0.2) is 0 Å². The van der Waals surface area contributed by atoms with E-state index in [1.54, 1.807) is 18.2 Å². The van der Waals surface area contributed by atoms with Crippen LogP contribution < -0.4 is 10.1 Å². The second kappa shape index (κ2) is 7.83. The first-order valence-corrected chi connectivity index (χ1v) is 11.7. The highest BCUT2D eigenvalue weighted by Crippen LogP contribution is 2.42. The van der Waals surface area contributed by atoms with E-state index in [9.17, 15) is 13.2 Å². The molecule has 0 atom stereocenters. The predicted molar refractivity (Wildman–Crippen MR) is 117 cm³/mol. The minimum Gasteiger partial charge on any atom is -0.457 e. The fourth-order valence-electron chi connectivity index (χ4n) is 4.16. The van der Waals surface area contributed by atoms with Crippen molar-refractivity contribution in [3.05, 3.63) is 89.5 Å². The maximum Gasteiger partial charge on any atom is 0.252 e. The number of fused-ring (bicyclic) bond motifs is 2. The van der Waals surface area contributed by atoms with Gasteiger partial charge < -0.3 is 10.1 Å². The highest BCUT2D eigenvalue weighted by atomic mass is 32.2. The molecule has 0 radical (unpaired) electrons. The highest BCUT2D eigenvalue weighted by molar-refractivity contribution is 7.89. The van der Waals surface area contributed by atoms with E-state index in [4.69, 9.17) is 4.74 Å².